The van der Waals surface area contributed by atoms with E-state index in [0.717, 1.165) is 30.0 Å². The minimum Gasteiger partial charge on any atom is -0.376 e. The quantitative estimate of drug-likeness (QED) is 0.670. The van der Waals surface area contributed by atoms with Crippen molar-refractivity contribution in [3.63, 3.8) is 0 Å². The fraction of sp³-hybridized carbons (Fsp3) is 0.200. The average Bonchev–Trinajstić information content (AvgIpc) is 3.23. The first kappa shape index (κ1) is 19.7. The van der Waals surface area contributed by atoms with Crippen LogP contribution in [0.5, 0.6) is 0 Å². The highest BCUT2D eigenvalue weighted by Gasteiger charge is 2.23. The van der Waals surface area contributed by atoms with Gasteiger partial charge in [-0.2, -0.15) is 0 Å². The maximum Gasteiger partial charge on any atom is 0.258 e. The molecule has 0 spiro atoms. The number of hydrogen-bond donors (Lipinski definition) is 1. The minimum atomic E-state index is -0.0417. The van der Waals surface area contributed by atoms with Gasteiger partial charge in [-0.3, -0.25) is 9.59 Å². The summed E-state index contributed by atoms with van der Waals surface area (Å²) in [6.07, 6.45) is 0.897. The first-order valence-corrected chi connectivity index (χ1v) is 10.3. The summed E-state index contributed by atoms with van der Waals surface area (Å²) in [5.74, 6) is 0.00124. The number of rotatable bonds is 6. The smallest absolute Gasteiger partial charge is 0.258 e. The van der Waals surface area contributed by atoms with E-state index in [0.29, 0.717) is 12.1 Å². The van der Waals surface area contributed by atoms with Crippen molar-refractivity contribution < 1.29 is 9.59 Å². The lowest BCUT2D eigenvalue weighted by Gasteiger charge is -2.21. The molecular weight excluding hydrogens is 374 g/mol. The van der Waals surface area contributed by atoms with Crippen LogP contribution in [0.15, 0.2) is 78.9 Å². The third kappa shape index (κ3) is 4.06. The fourth-order valence-corrected chi connectivity index (χ4v) is 3.81. The van der Waals surface area contributed by atoms with Crippen LogP contribution in [-0.2, 0) is 11.2 Å². The second kappa shape index (κ2) is 8.82. The van der Waals surface area contributed by atoms with E-state index in [1.54, 1.807) is 17.0 Å². The third-order valence-corrected chi connectivity index (χ3v) is 5.39. The van der Waals surface area contributed by atoms with Crippen molar-refractivity contribution in [3.8, 4) is 0 Å². The number of nitrogens with zero attached hydrogens (tertiary/aromatic N) is 2. The molecule has 0 unspecified atom stereocenters. The monoisotopic (exact) mass is 399 g/mol. The van der Waals surface area contributed by atoms with Crippen molar-refractivity contribution in [2.45, 2.75) is 13.3 Å². The second-order valence-electron chi connectivity index (χ2n) is 7.24. The molecule has 0 aromatic heterocycles. The summed E-state index contributed by atoms with van der Waals surface area (Å²) in [5, 5.41) is 3.18. The van der Waals surface area contributed by atoms with Gasteiger partial charge < -0.3 is 15.1 Å². The molecule has 5 nitrogen and oxygen atoms in total. The van der Waals surface area contributed by atoms with E-state index in [1.165, 1.54) is 5.56 Å². The van der Waals surface area contributed by atoms with Crippen LogP contribution in [0.25, 0.3) is 0 Å². The highest BCUT2D eigenvalue weighted by molar-refractivity contribution is 6.06. The zero-order valence-corrected chi connectivity index (χ0v) is 17.0. The van der Waals surface area contributed by atoms with Crippen molar-refractivity contribution in [2.24, 2.45) is 0 Å². The van der Waals surface area contributed by atoms with Gasteiger partial charge in [0.05, 0.1) is 6.54 Å². The molecule has 152 valence electrons. The fourth-order valence-electron chi connectivity index (χ4n) is 3.81. The number of para-hydroxylation sites is 2. The summed E-state index contributed by atoms with van der Waals surface area (Å²) in [5.41, 5.74) is 4.53. The van der Waals surface area contributed by atoms with E-state index in [9.17, 15) is 9.59 Å². The lowest BCUT2D eigenvalue weighted by Crippen LogP contribution is -2.34. The highest BCUT2D eigenvalue weighted by atomic mass is 16.2. The van der Waals surface area contributed by atoms with E-state index in [1.807, 2.05) is 72.5 Å². The number of benzene rings is 3. The molecule has 0 atom stereocenters. The summed E-state index contributed by atoms with van der Waals surface area (Å²) in [4.78, 5) is 29.1. The average molecular weight is 399 g/mol. The van der Waals surface area contributed by atoms with Gasteiger partial charge >= 0.3 is 0 Å². The predicted molar refractivity (Wildman–Crippen MR) is 121 cm³/mol. The Hall–Kier alpha value is -3.60. The molecule has 1 aliphatic heterocycles. The van der Waals surface area contributed by atoms with Crippen LogP contribution in [0.2, 0.25) is 0 Å². The van der Waals surface area contributed by atoms with E-state index < -0.39 is 0 Å². The Labute approximate surface area is 176 Å². The molecule has 1 aliphatic rings. The summed E-state index contributed by atoms with van der Waals surface area (Å²) in [7, 11) is 0. The molecule has 1 heterocycles. The lowest BCUT2D eigenvalue weighted by molar-refractivity contribution is -0.116. The van der Waals surface area contributed by atoms with Crippen molar-refractivity contribution >= 4 is 28.9 Å². The highest BCUT2D eigenvalue weighted by Crippen LogP contribution is 2.27. The number of nitrogens with one attached hydrogen (secondary N) is 1. The molecule has 5 heteroatoms. The normalized spacial score (nSPS) is 12.4. The zero-order chi connectivity index (χ0) is 20.9. The van der Waals surface area contributed by atoms with E-state index in [-0.39, 0.29) is 18.4 Å². The molecule has 0 radical (unpaired) electrons. The molecule has 30 heavy (non-hydrogen) atoms. The Morgan fingerprint density at radius 2 is 1.63 bits per heavy atom. The van der Waals surface area contributed by atoms with Gasteiger partial charge in [-0.05, 0) is 61.4 Å². The Balaban J connectivity index is 1.38. The van der Waals surface area contributed by atoms with Gasteiger partial charge in [-0.1, -0.05) is 36.4 Å². The summed E-state index contributed by atoms with van der Waals surface area (Å²) < 4.78 is 0. The number of anilines is 3. The molecule has 3 aromatic rings. The van der Waals surface area contributed by atoms with Crippen LogP contribution in [0.3, 0.4) is 0 Å². The number of amides is 2. The molecule has 0 fully saturated rings. The van der Waals surface area contributed by atoms with Crippen LogP contribution < -0.4 is 15.1 Å². The predicted octanol–water partition coefficient (Wildman–Crippen LogP) is 4.35. The topological polar surface area (TPSA) is 52.7 Å². The van der Waals surface area contributed by atoms with Crippen molar-refractivity contribution in [2.75, 3.05) is 34.8 Å². The van der Waals surface area contributed by atoms with Crippen molar-refractivity contribution in [3.05, 3.63) is 90.0 Å². The van der Waals surface area contributed by atoms with Gasteiger partial charge in [0.2, 0.25) is 5.91 Å². The molecule has 1 N–H and O–H groups in total. The van der Waals surface area contributed by atoms with Crippen molar-refractivity contribution in [1.82, 2.24) is 0 Å². The molecule has 3 aromatic carbocycles. The number of carbonyl (C=O) groups is 2. The van der Waals surface area contributed by atoms with Crippen LogP contribution in [0.1, 0.15) is 22.8 Å². The molecule has 4 rings (SSSR count). The molecule has 0 bridgehead atoms. The maximum atomic E-state index is 12.9. The molecule has 0 saturated carbocycles. The van der Waals surface area contributed by atoms with Gasteiger partial charge in [0, 0.05) is 35.7 Å². The minimum absolute atomic E-state index is 0.0417. The standard InChI is InChI=1S/C25H25N3O2/c1-2-27(22-9-4-3-5-10-22)25(30)20-12-14-21(15-13-20)26-18-24(29)28-17-16-19-8-6-7-11-23(19)28/h3-15,26H,2,16-18H2,1H3. The maximum absolute atomic E-state index is 12.9. The van der Waals surface area contributed by atoms with Crippen LogP contribution in [0.4, 0.5) is 17.1 Å². The van der Waals surface area contributed by atoms with Gasteiger partial charge in [0.15, 0.2) is 0 Å². The van der Waals surface area contributed by atoms with E-state index in [2.05, 4.69) is 11.4 Å². The first-order valence-electron chi connectivity index (χ1n) is 10.3. The van der Waals surface area contributed by atoms with Crippen LogP contribution in [0, 0.1) is 0 Å². The largest absolute Gasteiger partial charge is 0.376 e. The summed E-state index contributed by atoms with van der Waals surface area (Å²) in [6.45, 7) is 3.49. The Morgan fingerprint density at radius 1 is 0.933 bits per heavy atom. The zero-order valence-electron chi connectivity index (χ0n) is 17.0. The van der Waals surface area contributed by atoms with Gasteiger partial charge in [-0.25, -0.2) is 0 Å². The van der Waals surface area contributed by atoms with Gasteiger partial charge in [-0.15, -0.1) is 0 Å². The number of fused-ring (bicyclic) bond motifs is 1. The summed E-state index contributed by atoms with van der Waals surface area (Å²) in [6, 6.07) is 25.0. The van der Waals surface area contributed by atoms with E-state index in [4.69, 9.17) is 0 Å². The van der Waals surface area contributed by atoms with Crippen molar-refractivity contribution in [1.29, 1.82) is 0 Å². The first-order chi connectivity index (χ1) is 14.7. The SMILES string of the molecule is CCN(C(=O)c1ccc(NCC(=O)N2CCc3ccccc32)cc1)c1ccccc1. The number of carbonyl (C=O) groups excluding carboxylic acids is 2. The van der Waals surface area contributed by atoms with Gasteiger partial charge in [0.1, 0.15) is 0 Å². The number of hydrogen-bond acceptors (Lipinski definition) is 3. The summed E-state index contributed by atoms with van der Waals surface area (Å²) >= 11 is 0. The third-order valence-electron chi connectivity index (χ3n) is 5.39. The Kier molecular flexibility index (Phi) is 5.80. The van der Waals surface area contributed by atoms with Crippen LogP contribution >= 0.6 is 0 Å². The Bertz CT molecular complexity index is 1030. The second-order valence-corrected chi connectivity index (χ2v) is 7.24. The Morgan fingerprint density at radius 3 is 2.37 bits per heavy atom. The molecule has 0 aliphatic carbocycles. The van der Waals surface area contributed by atoms with Crippen LogP contribution in [-0.4, -0.2) is 31.4 Å². The van der Waals surface area contributed by atoms with E-state index >= 15 is 0 Å². The molecular formula is C25H25N3O2. The lowest BCUT2D eigenvalue weighted by atomic mass is 10.1. The van der Waals surface area contributed by atoms with Gasteiger partial charge in [0.25, 0.3) is 5.91 Å². The molecule has 0 saturated heterocycles. The molecule has 2 amide bonds.